The summed E-state index contributed by atoms with van der Waals surface area (Å²) in [5.41, 5.74) is 6.49. The number of para-hydroxylation sites is 2. The molecule has 0 amide bonds. The zero-order valence-corrected chi connectivity index (χ0v) is 10.7. The van der Waals surface area contributed by atoms with Crippen LogP contribution in [-0.4, -0.2) is 30.8 Å². The summed E-state index contributed by atoms with van der Waals surface area (Å²) < 4.78 is 11.2. The number of rotatable bonds is 6. The smallest absolute Gasteiger partial charge is 0.142 e. The van der Waals surface area contributed by atoms with Gasteiger partial charge in [-0.2, -0.15) is 11.8 Å². The van der Waals surface area contributed by atoms with Crippen LogP contribution in [0.3, 0.4) is 0 Å². The number of hydrogen-bond acceptors (Lipinski definition) is 4. The summed E-state index contributed by atoms with van der Waals surface area (Å²) in [7, 11) is 0. The predicted octanol–water partition coefficient (Wildman–Crippen LogP) is 2.56. The molecule has 1 saturated heterocycles. The molecule has 1 atom stereocenters. The van der Waals surface area contributed by atoms with Crippen LogP contribution in [0.15, 0.2) is 24.3 Å². The largest absolute Gasteiger partial charge is 0.491 e. The van der Waals surface area contributed by atoms with E-state index in [-0.39, 0.29) is 0 Å². The molecule has 1 fully saturated rings. The molecular formula is C13H19NO2S. The molecule has 0 saturated carbocycles. The Morgan fingerprint density at radius 1 is 1.41 bits per heavy atom. The van der Waals surface area contributed by atoms with Crippen LogP contribution in [0.1, 0.15) is 12.8 Å². The summed E-state index contributed by atoms with van der Waals surface area (Å²) in [6.45, 7) is 1.63. The van der Waals surface area contributed by atoms with Gasteiger partial charge in [0.05, 0.1) is 18.4 Å². The zero-order valence-electron chi connectivity index (χ0n) is 9.93. The van der Waals surface area contributed by atoms with Crippen molar-refractivity contribution in [3.8, 4) is 5.75 Å². The van der Waals surface area contributed by atoms with E-state index in [1.807, 2.05) is 36.0 Å². The van der Waals surface area contributed by atoms with Gasteiger partial charge in [-0.3, -0.25) is 0 Å². The van der Waals surface area contributed by atoms with Crippen molar-refractivity contribution in [1.29, 1.82) is 0 Å². The van der Waals surface area contributed by atoms with Crippen LogP contribution in [0, 0.1) is 0 Å². The summed E-state index contributed by atoms with van der Waals surface area (Å²) in [6, 6.07) is 7.61. The minimum absolute atomic E-state index is 0.460. The van der Waals surface area contributed by atoms with Crippen LogP contribution in [0.25, 0.3) is 0 Å². The van der Waals surface area contributed by atoms with Crippen molar-refractivity contribution in [3.63, 3.8) is 0 Å². The minimum atomic E-state index is 0.460. The summed E-state index contributed by atoms with van der Waals surface area (Å²) in [5, 5.41) is 0. The molecule has 0 aromatic heterocycles. The number of nitrogens with two attached hydrogens (primary N) is 1. The quantitative estimate of drug-likeness (QED) is 0.625. The standard InChI is InChI=1S/C13H19NO2S/c14-12-5-1-2-6-13(12)16-8-9-17-10-11-4-3-7-15-11/h1-2,5-6,11H,3-4,7-10,14H2. The molecule has 94 valence electrons. The fourth-order valence-electron chi connectivity index (χ4n) is 1.81. The van der Waals surface area contributed by atoms with Crippen molar-refractivity contribution in [2.75, 3.05) is 30.5 Å². The van der Waals surface area contributed by atoms with Gasteiger partial charge in [-0.25, -0.2) is 0 Å². The van der Waals surface area contributed by atoms with Crippen molar-refractivity contribution >= 4 is 17.4 Å². The van der Waals surface area contributed by atoms with E-state index in [1.165, 1.54) is 12.8 Å². The Labute approximate surface area is 107 Å². The van der Waals surface area contributed by atoms with E-state index in [9.17, 15) is 0 Å². The normalized spacial score (nSPS) is 19.4. The van der Waals surface area contributed by atoms with Gasteiger partial charge in [-0.05, 0) is 25.0 Å². The number of ether oxygens (including phenoxy) is 2. The highest BCUT2D eigenvalue weighted by Crippen LogP contribution is 2.20. The second-order valence-corrected chi connectivity index (χ2v) is 5.25. The van der Waals surface area contributed by atoms with Crippen LogP contribution in [0.4, 0.5) is 5.69 Å². The summed E-state index contributed by atoms with van der Waals surface area (Å²) >= 11 is 1.88. The first-order chi connectivity index (χ1) is 8.36. The third-order valence-corrected chi connectivity index (χ3v) is 3.79. The Balaban J connectivity index is 1.58. The topological polar surface area (TPSA) is 44.5 Å². The second-order valence-electron chi connectivity index (χ2n) is 4.10. The van der Waals surface area contributed by atoms with Gasteiger partial charge in [0.25, 0.3) is 0 Å². The molecule has 3 nitrogen and oxygen atoms in total. The maximum Gasteiger partial charge on any atom is 0.142 e. The molecule has 0 bridgehead atoms. The molecule has 4 heteroatoms. The fraction of sp³-hybridized carbons (Fsp3) is 0.538. The molecule has 1 aliphatic heterocycles. The van der Waals surface area contributed by atoms with Crippen LogP contribution >= 0.6 is 11.8 Å². The molecule has 1 heterocycles. The molecule has 1 unspecified atom stereocenters. The van der Waals surface area contributed by atoms with Crippen LogP contribution in [0.2, 0.25) is 0 Å². The lowest BCUT2D eigenvalue weighted by atomic mass is 10.3. The fourth-order valence-corrected chi connectivity index (χ4v) is 2.71. The second kappa shape index (κ2) is 6.77. The maximum atomic E-state index is 5.78. The van der Waals surface area contributed by atoms with Crippen molar-refractivity contribution in [1.82, 2.24) is 0 Å². The summed E-state index contributed by atoms with van der Waals surface area (Å²) in [4.78, 5) is 0. The molecular weight excluding hydrogens is 234 g/mol. The highest BCUT2D eigenvalue weighted by Gasteiger charge is 2.14. The first-order valence-corrected chi connectivity index (χ1v) is 7.18. The molecule has 1 aromatic carbocycles. The van der Waals surface area contributed by atoms with Gasteiger partial charge in [-0.1, -0.05) is 12.1 Å². The van der Waals surface area contributed by atoms with Crippen molar-refractivity contribution in [2.24, 2.45) is 0 Å². The van der Waals surface area contributed by atoms with E-state index >= 15 is 0 Å². The van der Waals surface area contributed by atoms with E-state index in [1.54, 1.807) is 0 Å². The number of thioether (sulfide) groups is 1. The Kier molecular flexibility index (Phi) is 5.01. The lowest BCUT2D eigenvalue weighted by Crippen LogP contribution is -2.10. The van der Waals surface area contributed by atoms with Crippen LogP contribution in [0.5, 0.6) is 5.75 Å². The minimum Gasteiger partial charge on any atom is -0.491 e. The average Bonchev–Trinajstić information content (AvgIpc) is 2.84. The van der Waals surface area contributed by atoms with Crippen molar-refractivity contribution in [3.05, 3.63) is 24.3 Å². The highest BCUT2D eigenvalue weighted by atomic mass is 32.2. The summed E-state index contributed by atoms with van der Waals surface area (Å²) in [6.07, 6.45) is 2.88. The van der Waals surface area contributed by atoms with Gasteiger partial charge in [0.2, 0.25) is 0 Å². The SMILES string of the molecule is Nc1ccccc1OCCSCC1CCCO1. The van der Waals surface area contributed by atoms with Crippen molar-refractivity contribution < 1.29 is 9.47 Å². The molecule has 0 aliphatic carbocycles. The first kappa shape index (κ1) is 12.6. The van der Waals surface area contributed by atoms with Gasteiger partial charge in [0.1, 0.15) is 5.75 Å². The Morgan fingerprint density at radius 2 is 2.29 bits per heavy atom. The lowest BCUT2D eigenvalue weighted by Gasteiger charge is -2.10. The zero-order chi connectivity index (χ0) is 11.9. The predicted molar refractivity (Wildman–Crippen MR) is 72.6 cm³/mol. The Bertz CT molecular complexity index is 340. The molecule has 17 heavy (non-hydrogen) atoms. The third kappa shape index (κ3) is 4.13. The molecule has 2 rings (SSSR count). The van der Waals surface area contributed by atoms with Crippen LogP contribution < -0.4 is 10.5 Å². The van der Waals surface area contributed by atoms with E-state index in [4.69, 9.17) is 15.2 Å². The first-order valence-electron chi connectivity index (χ1n) is 6.03. The molecule has 0 radical (unpaired) electrons. The monoisotopic (exact) mass is 253 g/mol. The average molecular weight is 253 g/mol. The number of benzene rings is 1. The van der Waals surface area contributed by atoms with Gasteiger partial charge in [0, 0.05) is 18.1 Å². The van der Waals surface area contributed by atoms with Gasteiger partial charge in [-0.15, -0.1) is 0 Å². The van der Waals surface area contributed by atoms with Crippen LogP contribution in [-0.2, 0) is 4.74 Å². The number of nitrogen functional groups attached to an aromatic ring is 1. The van der Waals surface area contributed by atoms with E-state index in [0.717, 1.165) is 23.9 Å². The Hall–Kier alpha value is -0.870. The number of anilines is 1. The van der Waals surface area contributed by atoms with Crippen molar-refractivity contribution in [2.45, 2.75) is 18.9 Å². The number of hydrogen-bond donors (Lipinski definition) is 1. The molecule has 2 N–H and O–H groups in total. The highest BCUT2D eigenvalue weighted by molar-refractivity contribution is 7.99. The van der Waals surface area contributed by atoms with Gasteiger partial charge < -0.3 is 15.2 Å². The maximum absolute atomic E-state index is 5.78. The molecule has 1 aliphatic rings. The van der Waals surface area contributed by atoms with E-state index in [2.05, 4.69) is 0 Å². The lowest BCUT2D eigenvalue weighted by molar-refractivity contribution is 0.129. The third-order valence-electron chi connectivity index (χ3n) is 2.73. The summed E-state index contributed by atoms with van der Waals surface area (Å²) in [5.74, 6) is 2.84. The van der Waals surface area contributed by atoms with E-state index < -0.39 is 0 Å². The van der Waals surface area contributed by atoms with Gasteiger partial charge >= 0.3 is 0 Å². The molecule has 0 spiro atoms. The Morgan fingerprint density at radius 3 is 3.06 bits per heavy atom. The molecule has 1 aromatic rings. The van der Waals surface area contributed by atoms with E-state index in [0.29, 0.717) is 18.4 Å². The van der Waals surface area contributed by atoms with Gasteiger partial charge in [0.15, 0.2) is 0 Å².